The highest BCUT2D eigenvalue weighted by Gasteiger charge is 2.19. The van der Waals surface area contributed by atoms with Crippen LogP contribution in [0, 0.1) is 13.8 Å². The molecule has 0 aliphatic rings. The van der Waals surface area contributed by atoms with Crippen molar-refractivity contribution in [1.82, 2.24) is 5.32 Å². The summed E-state index contributed by atoms with van der Waals surface area (Å²) < 4.78 is 2.23. The normalized spacial score (nSPS) is 12.7. The largest absolute Gasteiger partial charge is 0.306 e. The van der Waals surface area contributed by atoms with Crippen molar-refractivity contribution in [3.8, 4) is 0 Å². The molecule has 4 heteroatoms. The first-order valence-corrected chi connectivity index (χ1v) is 8.68. The van der Waals surface area contributed by atoms with Crippen molar-refractivity contribution in [2.45, 2.75) is 26.8 Å². The third-order valence-corrected chi connectivity index (χ3v) is 5.23. The molecule has 1 N–H and O–H groups in total. The van der Waals surface area contributed by atoms with Crippen LogP contribution in [0.25, 0.3) is 0 Å². The molecule has 1 aromatic heterocycles. The molecular weight excluding hydrogens is 386 g/mol. The maximum Gasteiger partial charge on any atom is 0.0598 e. The molecule has 0 radical (unpaired) electrons. The minimum absolute atomic E-state index is 0.248. The summed E-state index contributed by atoms with van der Waals surface area (Å²) >= 11 is 9.05. The van der Waals surface area contributed by atoms with Crippen molar-refractivity contribution < 1.29 is 0 Å². The lowest BCUT2D eigenvalue weighted by molar-refractivity contribution is 0.627. The monoisotopic (exact) mass is 401 g/mol. The van der Waals surface area contributed by atoms with Gasteiger partial charge in [0.2, 0.25) is 0 Å². The van der Waals surface area contributed by atoms with Gasteiger partial charge in [-0.25, -0.2) is 0 Å². The molecule has 0 aliphatic carbocycles. The quantitative estimate of drug-likeness (QED) is 0.702. The van der Waals surface area contributed by atoms with E-state index in [1.54, 1.807) is 0 Å². The van der Waals surface area contributed by atoms with Gasteiger partial charge in [0, 0.05) is 18.7 Å². The van der Waals surface area contributed by atoms with E-state index in [1.165, 1.54) is 20.9 Å². The molecule has 2 rings (SSSR count). The third kappa shape index (κ3) is 3.48. The Hall–Kier alpha value is -0.160. The van der Waals surface area contributed by atoms with Crippen LogP contribution in [0.15, 0.2) is 33.2 Å². The van der Waals surface area contributed by atoms with Crippen molar-refractivity contribution in [3.05, 3.63) is 54.1 Å². The summed E-state index contributed by atoms with van der Waals surface area (Å²) in [5.74, 6) is 0. The summed E-state index contributed by atoms with van der Waals surface area (Å²) in [6, 6.07) is 8.92. The van der Waals surface area contributed by atoms with Crippen LogP contribution >= 0.6 is 43.2 Å². The number of halogens is 2. The summed E-state index contributed by atoms with van der Waals surface area (Å²) in [6.07, 6.45) is 0. The average molecular weight is 403 g/mol. The molecule has 1 nitrogen and oxygen atoms in total. The summed E-state index contributed by atoms with van der Waals surface area (Å²) in [6.45, 7) is 7.46. The number of benzene rings is 1. The fourth-order valence-electron chi connectivity index (χ4n) is 2.26. The second kappa shape index (κ2) is 6.53. The zero-order chi connectivity index (χ0) is 14.0. The first kappa shape index (κ1) is 15.2. The maximum absolute atomic E-state index is 3.68. The van der Waals surface area contributed by atoms with Crippen molar-refractivity contribution in [1.29, 1.82) is 0 Å². The maximum atomic E-state index is 3.68. The Morgan fingerprint density at radius 1 is 1.16 bits per heavy atom. The molecule has 0 amide bonds. The minimum Gasteiger partial charge on any atom is -0.306 e. The minimum atomic E-state index is 0.248. The van der Waals surface area contributed by atoms with Gasteiger partial charge in [-0.15, -0.1) is 11.3 Å². The van der Waals surface area contributed by atoms with Gasteiger partial charge in [0.15, 0.2) is 0 Å². The van der Waals surface area contributed by atoms with Crippen LogP contribution in [-0.2, 0) is 0 Å². The number of nitrogens with one attached hydrogen (secondary N) is 1. The van der Waals surface area contributed by atoms with Gasteiger partial charge in [0.25, 0.3) is 0 Å². The molecule has 0 bridgehead atoms. The lowest BCUT2D eigenvalue weighted by Crippen LogP contribution is -2.22. The van der Waals surface area contributed by atoms with E-state index >= 15 is 0 Å². The molecule has 19 heavy (non-hydrogen) atoms. The topological polar surface area (TPSA) is 12.0 Å². The fraction of sp³-hybridized carbons (Fsp3) is 0.333. The van der Waals surface area contributed by atoms with Crippen LogP contribution in [-0.4, -0.2) is 6.54 Å². The van der Waals surface area contributed by atoms with Crippen molar-refractivity contribution >= 4 is 43.2 Å². The molecule has 0 saturated heterocycles. The molecule has 0 aliphatic heterocycles. The Morgan fingerprint density at radius 2 is 1.89 bits per heavy atom. The Morgan fingerprint density at radius 3 is 2.42 bits per heavy atom. The highest BCUT2D eigenvalue weighted by Crippen LogP contribution is 2.35. The van der Waals surface area contributed by atoms with E-state index in [-0.39, 0.29) is 6.04 Å². The number of aryl methyl sites for hydroxylation is 2. The first-order chi connectivity index (χ1) is 9.02. The van der Waals surface area contributed by atoms with Gasteiger partial charge in [-0.3, -0.25) is 0 Å². The SMILES string of the molecule is CCNC(c1ccc(Br)cc1Br)c1cc(C)sc1C. The van der Waals surface area contributed by atoms with Gasteiger partial charge in [-0.2, -0.15) is 0 Å². The second-order valence-electron chi connectivity index (χ2n) is 4.53. The Balaban J connectivity index is 2.48. The molecule has 0 saturated carbocycles. The van der Waals surface area contributed by atoms with Gasteiger partial charge in [-0.05, 0) is 49.7 Å². The van der Waals surface area contributed by atoms with E-state index in [9.17, 15) is 0 Å². The summed E-state index contributed by atoms with van der Waals surface area (Å²) in [7, 11) is 0. The third-order valence-electron chi connectivity index (χ3n) is 3.07. The molecule has 0 spiro atoms. The van der Waals surface area contributed by atoms with Gasteiger partial charge in [-0.1, -0.05) is 44.8 Å². The highest BCUT2D eigenvalue weighted by atomic mass is 79.9. The van der Waals surface area contributed by atoms with E-state index in [1.807, 2.05) is 11.3 Å². The summed E-state index contributed by atoms with van der Waals surface area (Å²) in [5, 5.41) is 3.59. The fourth-order valence-corrected chi connectivity index (χ4v) is 4.50. The Labute approximate surface area is 135 Å². The predicted molar refractivity (Wildman–Crippen MR) is 91.2 cm³/mol. The van der Waals surface area contributed by atoms with Crippen LogP contribution < -0.4 is 5.32 Å². The van der Waals surface area contributed by atoms with Crippen molar-refractivity contribution in [2.75, 3.05) is 6.54 Å². The van der Waals surface area contributed by atoms with Gasteiger partial charge in [0.05, 0.1) is 6.04 Å². The zero-order valence-corrected chi connectivity index (χ0v) is 15.2. The predicted octanol–water partition coefficient (Wildman–Crippen LogP) is 5.59. The first-order valence-electron chi connectivity index (χ1n) is 6.28. The summed E-state index contributed by atoms with van der Waals surface area (Å²) in [4.78, 5) is 2.75. The smallest absolute Gasteiger partial charge is 0.0598 e. The highest BCUT2D eigenvalue weighted by molar-refractivity contribution is 9.11. The molecule has 1 aromatic carbocycles. The lowest BCUT2D eigenvalue weighted by Gasteiger charge is -2.20. The van der Waals surface area contributed by atoms with Gasteiger partial charge >= 0.3 is 0 Å². The number of hydrogen-bond acceptors (Lipinski definition) is 2. The lowest BCUT2D eigenvalue weighted by atomic mass is 9.99. The van der Waals surface area contributed by atoms with E-state index in [0.29, 0.717) is 0 Å². The number of rotatable bonds is 4. The number of hydrogen-bond donors (Lipinski definition) is 1. The van der Waals surface area contributed by atoms with Gasteiger partial charge < -0.3 is 5.32 Å². The van der Waals surface area contributed by atoms with E-state index in [0.717, 1.165) is 15.5 Å². The van der Waals surface area contributed by atoms with Crippen LogP contribution in [0.2, 0.25) is 0 Å². The molecule has 2 aromatic rings. The molecule has 102 valence electrons. The van der Waals surface area contributed by atoms with Crippen LogP contribution in [0.1, 0.15) is 33.8 Å². The van der Waals surface area contributed by atoms with Crippen molar-refractivity contribution in [3.63, 3.8) is 0 Å². The Kier molecular flexibility index (Phi) is 5.23. The second-order valence-corrected chi connectivity index (χ2v) is 7.76. The molecule has 1 atom stereocenters. The molecule has 0 fully saturated rings. The van der Waals surface area contributed by atoms with E-state index < -0.39 is 0 Å². The zero-order valence-electron chi connectivity index (χ0n) is 11.3. The standard InChI is InChI=1S/C15H17Br2NS/c1-4-18-15(13-7-9(2)19-10(13)3)12-6-5-11(16)8-14(12)17/h5-8,15,18H,4H2,1-3H3. The summed E-state index contributed by atoms with van der Waals surface area (Å²) in [5.41, 5.74) is 2.67. The number of thiophene rings is 1. The average Bonchev–Trinajstić information content (AvgIpc) is 2.66. The van der Waals surface area contributed by atoms with Crippen LogP contribution in [0.5, 0.6) is 0 Å². The van der Waals surface area contributed by atoms with Crippen LogP contribution in [0.4, 0.5) is 0 Å². The Bertz CT molecular complexity index is 578. The van der Waals surface area contributed by atoms with Crippen molar-refractivity contribution in [2.24, 2.45) is 0 Å². The van der Waals surface area contributed by atoms with Crippen LogP contribution in [0.3, 0.4) is 0 Å². The van der Waals surface area contributed by atoms with Gasteiger partial charge in [0.1, 0.15) is 0 Å². The molecular formula is C15H17Br2NS. The van der Waals surface area contributed by atoms with E-state index in [4.69, 9.17) is 0 Å². The molecule has 1 heterocycles. The molecule has 1 unspecified atom stereocenters. The van der Waals surface area contributed by atoms with E-state index in [2.05, 4.69) is 82.2 Å².